The van der Waals surface area contributed by atoms with Crippen molar-refractivity contribution < 1.29 is 9.53 Å². The number of hydrogen-bond donors (Lipinski definition) is 1. The van der Waals surface area contributed by atoms with Crippen LogP contribution < -0.4 is 5.43 Å². The zero-order valence-electron chi connectivity index (χ0n) is 13.9. The molecule has 25 heavy (non-hydrogen) atoms. The van der Waals surface area contributed by atoms with Gasteiger partial charge in [0, 0.05) is 6.20 Å². The molecule has 0 bridgehead atoms. The number of rotatable bonds is 5. The minimum Gasteiger partial charge on any atom is -0.459 e. The number of carbonyl (C=O) groups is 1. The second-order valence-corrected chi connectivity index (χ2v) is 6.48. The van der Waals surface area contributed by atoms with Crippen molar-refractivity contribution in [3.05, 3.63) is 64.1 Å². The number of hydrogen-bond acceptors (Lipinski definition) is 4. The maximum Gasteiger partial charge on any atom is 0.343 e. The summed E-state index contributed by atoms with van der Waals surface area (Å²) in [6.07, 6.45) is 2.50. The van der Waals surface area contributed by atoms with Gasteiger partial charge in [-0.05, 0) is 19.4 Å². The summed E-state index contributed by atoms with van der Waals surface area (Å²) in [5, 5.41) is 4.27. The molecule has 0 radical (unpaired) electrons. The van der Waals surface area contributed by atoms with E-state index in [2.05, 4.69) is 10.1 Å². The van der Waals surface area contributed by atoms with E-state index < -0.39 is 11.4 Å². The normalized spacial score (nSPS) is 12.5. The lowest BCUT2D eigenvalue weighted by Gasteiger charge is -2.11. The van der Waals surface area contributed by atoms with Gasteiger partial charge in [-0.15, -0.1) is 11.6 Å². The summed E-state index contributed by atoms with van der Waals surface area (Å²) in [6, 6.07) is 9.63. The molecule has 3 aromatic rings. The highest BCUT2D eigenvalue weighted by atomic mass is 35.5. The van der Waals surface area contributed by atoms with Gasteiger partial charge in [0.2, 0.25) is 5.43 Å². The molecule has 1 N–H and O–H groups in total. The first-order valence-corrected chi connectivity index (χ1v) is 8.38. The van der Waals surface area contributed by atoms with Crippen molar-refractivity contribution in [1.29, 1.82) is 0 Å². The van der Waals surface area contributed by atoms with E-state index in [4.69, 9.17) is 16.3 Å². The van der Waals surface area contributed by atoms with Crippen LogP contribution in [0.15, 0.2) is 47.5 Å². The second kappa shape index (κ2) is 7.11. The van der Waals surface area contributed by atoms with Crippen molar-refractivity contribution >= 4 is 28.6 Å². The molecule has 1 unspecified atom stereocenters. The van der Waals surface area contributed by atoms with Crippen molar-refractivity contribution in [3.8, 4) is 0 Å². The molecule has 0 aliphatic rings. The van der Waals surface area contributed by atoms with Gasteiger partial charge in [0.15, 0.2) is 0 Å². The average Bonchev–Trinajstić information content (AvgIpc) is 2.99. The van der Waals surface area contributed by atoms with Crippen LogP contribution in [0.5, 0.6) is 0 Å². The summed E-state index contributed by atoms with van der Waals surface area (Å²) in [5.41, 5.74) is 1.04. The molecule has 1 atom stereocenters. The number of aromatic amines is 1. The first-order valence-electron chi connectivity index (χ1n) is 7.94. The zero-order valence-corrected chi connectivity index (χ0v) is 14.7. The van der Waals surface area contributed by atoms with Crippen LogP contribution in [-0.2, 0) is 11.3 Å². The fourth-order valence-electron chi connectivity index (χ4n) is 2.54. The Labute approximate surface area is 149 Å². The predicted octanol–water partition coefficient (Wildman–Crippen LogP) is 3.27. The molecule has 6 nitrogen and oxygen atoms in total. The fourth-order valence-corrected chi connectivity index (χ4v) is 2.82. The number of halogens is 1. The summed E-state index contributed by atoms with van der Waals surface area (Å²) in [7, 11) is 0. The Morgan fingerprint density at radius 2 is 2.04 bits per heavy atom. The van der Waals surface area contributed by atoms with E-state index in [1.54, 1.807) is 18.5 Å². The molecule has 2 aromatic heterocycles. The maximum absolute atomic E-state index is 12.5. The molecular formula is C18H18ClN3O3. The minimum absolute atomic E-state index is 0.0359. The van der Waals surface area contributed by atoms with Crippen molar-refractivity contribution in [2.45, 2.75) is 31.9 Å². The fraction of sp³-hybridized carbons (Fsp3) is 0.278. The largest absolute Gasteiger partial charge is 0.459 e. The SMILES string of the molecule is CC(C)OC(=O)c1c[nH]c2c(cnn2CC(Cl)c2ccccc2)c1=O. The first-order chi connectivity index (χ1) is 12.0. The number of aromatic nitrogens is 3. The van der Waals surface area contributed by atoms with Crippen molar-refractivity contribution in [3.63, 3.8) is 0 Å². The number of alkyl halides is 1. The highest BCUT2D eigenvalue weighted by Crippen LogP contribution is 2.23. The average molecular weight is 360 g/mol. The predicted molar refractivity (Wildman–Crippen MR) is 95.9 cm³/mol. The van der Waals surface area contributed by atoms with Gasteiger partial charge < -0.3 is 9.72 Å². The molecule has 0 aliphatic heterocycles. The number of fused-ring (bicyclic) bond motifs is 1. The van der Waals surface area contributed by atoms with Crippen LogP contribution in [0.1, 0.15) is 35.1 Å². The van der Waals surface area contributed by atoms with Gasteiger partial charge in [-0.2, -0.15) is 5.10 Å². The third kappa shape index (κ3) is 3.58. The molecule has 0 saturated carbocycles. The third-order valence-electron chi connectivity index (χ3n) is 3.74. The smallest absolute Gasteiger partial charge is 0.343 e. The highest BCUT2D eigenvalue weighted by molar-refractivity contribution is 6.20. The maximum atomic E-state index is 12.5. The number of carbonyl (C=O) groups excluding carboxylic acids is 1. The van der Waals surface area contributed by atoms with E-state index in [0.29, 0.717) is 17.6 Å². The van der Waals surface area contributed by atoms with Gasteiger partial charge >= 0.3 is 5.97 Å². The van der Waals surface area contributed by atoms with Crippen LogP contribution >= 0.6 is 11.6 Å². The Kier molecular flexibility index (Phi) is 4.90. The van der Waals surface area contributed by atoms with Crippen LogP contribution in [0.4, 0.5) is 0 Å². The van der Waals surface area contributed by atoms with Crippen molar-refractivity contribution in [2.24, 2.45) is 0 Å². The Morgan fingerprint density at radius 3 is 2.72 bits per heavy atom. The van der Waals surface area contributed by atoms with Gasteiger partial charge in [0.05, 0.1) is 29.6 Å². The van der Waals surface area contributed by atoms with E-state index >= 15 is 0 Å². The summed E-state index contributed by atoms with van der Waals surface area (Å²) in [6.45, 7) is 3.85. The molecule has 0 aliphatic carbocycles. The molecule has 0 amide bonds. The summed E-state index contributed by atoms with van der Waals surface area (Å²) >= 11 is 6.45. The second-order valence-electron chi connectivity index (χ2n) is 5.95. The van der Waals surface area contributed by atoms with Gasteiger partial charge in [-0.3, -0.25) is 4.79 Å². The number of esters is 1. The molecule has 130 valence electrons. The van der Waals surface area contributed by atoms with Crippen LogP contribution in [0.25, 0.3) is 11.0 Å². The Bertz CT molecular complexity index is 947. The minimum atomic E-state index is -0.648. The van der Waals surface area contributed by atoms with Gasteiger partial charge in [0.1, 0.15) is 11.2 Å². The molecule has 7 heteroatoms. The quantitative estimate of drug-likeness (QED) is 0.560. The number of benzene rings is 1. The number of pyridine rings is 1. The molecular weight excluding hydrogens is 342 g/mol. The number of ether oxygens (including phenoxy) is 1. The lowest BCUT2D eigenvalue weighted by Crippen LogP contribution is -2.20. The molecule has 3 rings (SSSR count). The van der Waals surface area contributed by atoms with Crippen molar-refractivity contribution in [2.75, 3.05) is 0 Å². The number of H-pyrrole nitrogens is 1. The molecule has 0 saturated heterocycles. The monoisotopic (exact) mass is 359 g/mol. The summed E-state index contributed by atoms with van der Waals surface area (Å²) < 4.78 is 6.71. The van der Waals surface area contributed by atoms with Gasteiger partial charge in [-0.25, -0.2) is 9.48 Å². The van der Waals surface area contributed by atoms with Crippen LogP contribution in [-0.4, -0.2) is 26.8 Å². The topological polar surface area (TPSA) is 77.0 Å². The Morgan fingerprint density at radius 1 is 1.32 bits per heavy atom. The summed E-state index contributed by atoms with van der Waals surface area (Å²) in [4.78, 5) is 27.5. The van der Waals surface area contributed by atoms with Gasteiger partial charge in [0.25, 0.3) is 0 Å². The number of nitrogens with zero attached hydrogens (tertiary/aromatic N) is 2. The van der Waals surface area contributed by atoms with E-state index in [1.165, 1.54) is 12.4 Å². The van der Waals surface area contributed by atoms with Crippen LogP contribution in [0.3, 0.4) is 0 Å². The van der Waals surface area contributed by atoms with Crippen molar-refractivity contribution in [1.82, 2.24) is 14.8 Å². The lowest BCUT2D eigenvalue weighted by molar-refractivity contribution is 0.0376. The summed E-state index contributed by atoms with van der Waals surface area (Å²) in [5.74, 6) is -0.648. The van der Waals surface area contributed by atoms with E-state index in [9.17, 15) is 9.59 Å². The number of nitrogens with one attached hydrogen (secondary N) is 1. The molecule has 2 heterocycles. The Balaban J connectivity index is 1.91. The lowest BCUT2D eigenvalue weighted by atomic mass is 10.1. The first kappa shape index (κ1) is 17.2. The van der Waals surface area contributed by atoms with Crippen LogP contribution in [0, 0.1) is 0 Å². The van der Waals surface area contributed by atoms with Gasteiger partial charge in [-0.1, -0.05) is 30.3 Å². The van der Waals surface area contributed by atoms with E-state index in [1.807, 2.05) is 30.3 Å². The van der Waals surface area contributed by atoms with E-state index in [0.717, 1.165) is 5.56 Å². The molecule has 1 aromatic carbocycles. The standard InChI is InChI=1S/C18H18ClN3O3/c1-11(2)25-18(24)14-8-20-17-13(16(14)23)9-21-22(17)10-15(19)12-6-4-3-5-7-12/h3-9,11,15H,10H2,1-2H3,(H,20,23). The zero-order chi connectivity index (χ0) is 18.0. The molecule has 0 fully saturated rings. The molecule has 0 spiro atoms. The van der Waals surface area contributed by atoms with Crippen LogP contribution in [0.2, 0.25) is 0 Å². The highest BCUT2D eigenvalue weighted by Gasteiger charge is 2.19. The third-order valence-corrected chi connectivity index (χ3v) is 4.13. The Hall–Kier alpha value is -2.60. The van der Waals surface area contributed by atoms with E-state index in [-0.39, 0.29) is 17.0 Å².